The molecule has 24 heavy (non-hydrogen) atoms. The van der Waals surface area contributed by atoms with Gasteiger partial charge in [0.25, 0.3) is 0 Å². The van der Waals surface area contributed by atoms with Crippen molar-refractivity contribution in [2.75, 3.05) is 13.7 Å². The van der Waals surface area contributed by atoms with Crippen molar-refractivity contribution in [1.29, 1.82) is 0 Å². The van der Waals surface area contributed by atoms with Gasteiger partial charge >= 0.3 is 0 Å². The molecule has 0 aromatic heterocycles. The molecule has 0 radical (unpaired) electrons. The minimum Gasteiger partial charge on any atom is -0.496 e. The molecule has 2 fully saturated rings. The fourth-order valence-electron chi connectivity index (χ4n) is 3.65. The molecule has 1 saturated heterocycles. The number of hydrogen-bond donors (Lipinski definition) is 1. The summed E-state index contributed by atoms with van der Waals surface area (Å²) in [5.41, 5.74) is 1.15. The van der Waals surface area contributed by atoms with Gasteiger partial charge in [0.1, 0.15) is 11.8 Å². The topological polar surface area (TPSA) is 58.6 Å². The predicted octanol–water partition coefficient (Wildman–Crippen LogP) is 2.46. The zero-order valence-corrected chi connectivity index (χ0v) is 14.5. The fourth-order valence-corrected chi connectivity index (χ4v) is 3.65. The van der Waals surface area contributed by atoms with Crippen LogP contribution in [-0.4, -0.2) is 42.5 Å². The zero-order valence-electron chi connectivity index (χ0n) is 14.5. The molecule has 1 aromatic rings. The van der Waals surface area contributed by atoms with E-state index in [1.807, 2.05) is 25.1 Å². The number of nitrogens with one attached hydrogen (secondary N) is 1. The molecule has 0 bridgehead atoms. The number of benzene rings is 1. The van der Waals surface area contributed by atoms with E-state index in [2.05, 4.69) is 11.4 Å². The van der Waals surface area contributed by atoms with Crippen LogP contribution in [-0.2, 0) is 9.59 Å². The van der Waals surface area contributed by atoms with Crippen LogP contribution >= 0.6 is 0 Å². The molecule has 3 atom stereocenters. The van der Waals surface area contributed by atoms with Gasteiger partial charge in [-0.05, 0) is 37.3 Å². The van der Waals surface area contributed by atoms with Gasteiger partial charge in [0.15, 0.2) is 0 Å². The monoisotopic (exact) mass is 330 g/mol. The van der Waals surface area contributed by atoms with E-state index in [1.54, 1.807) is 12.0 Å². The predicted molar refractivity (Wildman–Crippen MR) is 91.9 cm³/mol. The van der Waals surface area contributed by atoms with Crippen molar-refractivity contribution in [3.63, 3.8) is 0 Å². The Bertz CT molecular complexity index is 616. The Kier molecular flexibility index (Phi) is 5.07. The van der Waals surface area contributed by atoms with Crippen LogP contribution in [0.25, 0.3) is 0 Å². The van der Waals surface area contributed by atoms with Crippen molar-refractivity contribution in [2.24, 2.45) is 0 Å². The molecule has 1 aliphatic heterocycles. The lowest BCUT2D eigenvalue weighted by Gasteiger charge is -2.24. The molecule has 3 rings (SSSR count). The van der Waals surface area contributed by atoms with Crippen molar-refractivity contribution in [1.82, 2.24) is 10.2 Å². The second kappa shape index (κ2) is 7.24. The van der Waals surface area contributed by atoms with Crippen LogP contribution in [0, 0.1) is 0 Å². The van der Waals surface area contributed by atoms with Crippen molar-refractivity contribution in [2.45, 2.75) is 57.0 Å². The number of nitrogens with zero attached hydrogens (tertiary/aromatic N) is 1. The summed E-state index contributed by atoms with van der Waals surface area (Å²) in [4.78, 5) is 26.5. The van der Waals surface area contributed by atoms with Gasteiger partial charge in [0.05, 0.1) is 7.11 Å². The maximum atomic E-state index is 12.6. The third-order valence-corrected chi connectivity index (χ3v) is 5.00. The fraction of sp³-hybridized carbons (Fsp3) is 0.579. The van der Waals surface area contributed by atoms with Crippen LogP contribution in [0.2, 0.25) is 0 Å². The molecule has 5 nitrogen and oxygen atoms in total. The van der Waals surface area contributed by atoms with E-state index in [1.165, 1.54) is 0 Å². The van der Waals surface area contributed by atoms with E-state index < -0.39 is 0 Å². The lowest BCUT2D eigenvalue weighted by atomic mass is 10.1. The standard InChI is InChI=1S/C19H26N2O3/c1-3-7-18(22)21-11-6-9-16(21)19(23)20-15-12-14(15)13-8-4-5-10-17(13)24-2/h4-5,8,10,14-16H,3,6-7,9,11-12H2,1-2H3,(H,20,23)/t14-,15+,16+/m0/s1. The van der Waals surface area contributed by atoms with E-state index in [4.69, 9.17) is 4.74 Å². The molecule has 1 heterocycles. The normalized spacial score (nSPS) is 25.4. The number of likely N-dealkylation sites (tertiary alicyclic amines) is 1. The summed E-state index contributed by atoms with van der Waals surface area (Å²) in [6.07, 6.45) is 3.96. The highest BCUT2D eigenvalue weighted by atomic mass is 16.5. The largest absolute Gasteiger partial charge is 0.496 e. The van der Waals surface area contributed by atoms with E-state index in [0.717, 1.165) is 37.0 Å². The number of hydrogen-bond acceptors (Lipinski definition) is 3. The van der Waals surface area contributed by atoms with E-state index >= 15 is 0 Å². The first kappa shape index (κ1) is 16.8. The van der Waals surface area contributed by atoms with Gasteiger partial charge in [0, 0.05) is 24.9 Å². The van der Waals surface area contributed by atoms with Gasteiger partial charge in [-0.15, -0.1) is 0 Å². The molecule has 0 spiro atoms. The smallest absolute Gasteiger partial charge is 0.243 e. The SMILES string of the molecule is CCCC(=O)N1CCC[C@@H]1C(=O)N[C@@H]1C[C@H]1c1ccccc1OC. The molecule has 2 amide bonds. The zero-order chi connectivity index (χ0) is 17.1. The molecule has 1 saturated carbocycles. The summed E-state index contributed by atoms with van der Waals surface area (Å²) >= 11 is 0. The van der Waals surface area contributed by atoms with Crippen molar-refractivity contribution < 1.29 is 14.3 Å². The summed E-state index contributed by atoms with van der Waals surface area (Å²) < 4.78 is 5.41. The highest BCUT2D eigenvalue weighted by Gasteiger charge is 2.43. The van der Waals surface area contributed by atoms with Gasteiger partial charge in [0.2, 0.25) is 11.8 Å². The first-order valence-corrected chi connectivity index (χ1v) is 8.88. The highest BCUT2D eigenvalue weighted by molar-refractivity contribution is 5.88. The number of rotatable bonds is 6. The number of ether oxygens (including phenoxy) is 1. The summed E-state index contributed by atoms with van der Waals surface area (Å²) in [7, 11) is 1.67. The third kappa shape index (κ3) is 3.40. The minimum absolute atomic E-state index is 0.000601. The van der Waals surface area contributed by atoms with Gasteiger partial charge < -0.3 is 15.0 Å². The molecular formula is C19H26N2O3. The quantitative estimate of drug-likeness (QED) is 0.872. The maximum absolute atomic E-state index is 12.6. The molecule has 2 aliphatic rings. The van der Waals surface area contributed by atoms with Crippen LogP contribution in [0.3, 0.4) is 0 Å². The van der Waals surface area contributed by atoms with E-state index in [-0.39, 0.29) is 23.9 Å². The average molecular weight is 330 g/mol. The summed E-state index contributed by atoms with van der Waals surface area (Å²) in [5, 5.41) is 3.13. The Hall–Kier alpha value is -2.04. The Morgan fingerprint density at radius 1 is 1.33 bits per heavy atom. The first-order valence-electron chi connectivity index (χ1n) is 8.88. The third-order valence-electron chi connectivity index (χ3n) is 5.00. The number of amides is 2. The van der Waals surface area contributed by atoms with E-state index in [9.17, 15) is 9.59 Å². The summed E-state index contributed by atoms with van der Waals surface area (Å²) in [5.74, 6) is 1.29. The molecule has 1 aliphatic carbocycles. The first-order chi connectivity index (χ1) is 11.7. The van der Waals surface area contributed by atoms with Crippen LogP contribution in [0.15, 0.2) is 24.3 Å². The molecular weight excluding hydrogens is 304 g/mol. The van der Waals surface area contributed by atoms with Gasteiger partial charge in [-0.3, -0.25) is 9.59 Å². The lowest BCUT2D eigenvalue weighted by Crippen LogP contribution is -2.46. The Labute approximate surface area is 143 Å². The Morgan fingerprint density at radius 3 is 2.88 bits per heavy atom. The van der Waals surface area contributed by atoms with Crippen LogP contribution in [0.4, 0.5) is 0 Å². The Balaban J connectivity index is 1.59. The van der Waals surface area contributed by atoms with E-state index in [0.29, 0.717) is 18.9 Å². The Morgan fingerprint density at radius 2 is 2.12 bits per heavy atom. The van der Waals surface area contributed by atoms with Crippen LogP contribution in [0.1, 0.15) is 50.5 Å². The van der Waals surface area contributed by atoms with Crippen molar-refractivity contribution in [3.8, 4) is 5.75 Å². The van der Waals surface area contributed by atoms with Gasteiger partial charge in [-0.2, -0.15) is 0 Å². The maximum Gasteiger partial charge on any atom is 0.243 e. The highest BCUT2D eigenvalue weighted by Crippen LogP contribution is 2.44. The number of methoxy groups -OCH3 is 1. The number of para-hydroxylation sites is 1. The molecule has 5 heteroatoms. The lowest BCUT2D eigenvalue weighted by molar-refractivity contribution is -0.138. The molecule has 130 valence electrons. The molecule has 0 unspecified atom stereocenters. The van der Waals surface area contributed by atoms with Gasteiger partial charge in [-0.1, -0.05) is 25.1 Å². The number of carbonyl (C=O) groups is 2. The van der Waals surface area contributed by atoms with Crippen LogP contribution in [0.5, 0.6) is 5.75 Å². The minimum atomic E-state index is -0.289. The molecule has 1 aromatic carbocycles. The second-order valence-electron chi connectivity index (χ2n) is 6.69. The van der Waals surface area contributed by atoms with Crippen LogP contribution < -0.4 is 10.1 Å². The van der Waals surface area contributed by atoms with Crippen molar-refractivity contribution >= 4 is 11.8 Å². The number of carbonyl (C=O) groups excluding carboxylic acids is 2. The summed E-state index contributed by atoms with van der Waals surface area (Å²) in [6.45, 7) is 2.70. The molecule has 1 N–H and O–H groups in total. The van der Waals surface area contributed by atoms with Crippen molar-refractivity contribution in [3.05, 3.63) is 29.8 Å². The second-order valence-corrected chi connectivity index (χ2v) is 6.69. The summed E-state index contributed by atoms with van der Waals surface area (Å²) in [6, 6.07) is 7.82. The average Bonchev–Trinajstić information content (AvgIpc) is 3.16. The van der Waals surface area contributed by atoms with Gasteiger partial charge in [-0.25, -0.2) is 0 Å².